The van der Waals surface area contributed by atoms with E-state index < -0.39 is 6.85 Å². The van der Waals surface area contributed by atoms with Crippen LogP contribution in [0.25, 0.3) is 22.5 Å². The van der Waals surface area contributed by atoms with Gasteiger partial charge in [0.25, 0.3) is 0 Å². The summed E-state index contributed by atoms with van der Waals surface area (Å²) in [5, 5.41) is 0. The van der Waals surface area contributed by atoms with Crippen LogP contribution >= 0.6 is 0 Å². The van der Waals surface area contributed by atoms with Crippen molar-refractivity contribution in [1.82, 2.24) is 9.97 Å². The van der Waals surface area contributed by atoms with E-state index in [0.717, 1.165) is 22.5 Å². The van der Waals surface area contributed by atoms with Gasteiger partial charge in [-0.2, -0.15) is 0 Å². The molecule has 20 heavy (non-hydrogen) atoms. The van der Waals surface area contributed by atoms with Gasteiger partial charge in [-0.25, -0.2) is 0 Å². The minimum atomic E-state index is -2.01. The third-order valence-electron chi connectivity index (χ3n) is 3.12. The molecule has 0 unspecified atom stereocenters. The summed E-state index contributed by atoms with van der Waals surface area (Å²) in [7, 11) is 0. The van der Waals surface area contributed by atoms with E-state index in [-0.39, 0.29) is 6.42 Å². The number of hydrogen-bond acceptors (Lipinski definition) is 2. The van der Waals surface area contributed by atoms with E-state index in [9.17, 15) is 0 Å². The van der Waals surface area contributed by atoms with Gasteiger partial charge >= 0.3 is 0 Å². The van der Waals surface area contributed by atoms with E-state index >= 15 is 0 Å². The van der Waals surface area contributed by atoms with E-state index in [4.69, 9.17) is 4.11 Å². The molecule has 0 aliphatic heterocycles. The van der Waals surface area contributed by atoms with Gasteiger partial charge in [0.15, 0.2) is 0 Å². The first-order valence-electron chi connectivity index (χ1n) is 7.99. The molecule has 2 nitrogen and oxygen atoms in total. The van der Waals surface area contributed by atoms with Crippen molar-refractivity contribution in [3.8, 4) is 22.5 Å². The molecule has 2 heteroatoms. The van der Waals surface area contributed by atoms with Crippen LogP contribution in [0.15, 0.2) is 66.9 Å². The summed E-state index contributed by atoms with van der Waals surface area (Å²) in [4.78, 5) is 8.91. The van der Waals surface area contributed by atoms with Crippen molar-refractivity contribution in [1.29, 1.82) is 0 Å². The number of aryl methyl sites for hydroxylation is 1. The van der Waals surface area contributed by atoms with Crippen molar-refractivity contribution in [3.05, 3.63) is 72.6 Å². The zero-order chi connectivity index (χ0) is 16.3. The first-order valence-corrected chi connectivity index (χ1v) is 6.49. The lowest BCUT2D eigenvalue weighted by molar-refractivity contribution is 1.04. The summed E-state index contributed by atoms with van der Waals surface area (Å²) in [6, 6.07) is 19.3. The van der Waals surface area contributed by atoms with Gasteiger partial charge in [-0.1, -0.05) is 43.3 Å². The van der Waals surface area contributed by atoms with Crippen molar-refractivity contribution in [2.75, 3.05) is 0 Å². The Balaban J connectivity index is 1.86. The highest BCUT2D eigenvalue weighted by molar-refractivity contribution is 5.64. The molecule has 0 radical (unpaired) electrons. The largest absolute Gasteiger partial charge is 0.256 e. The lowest BCUT2D eigenvalue weighted by Gasteiger charge is -2.05. The monoisotopic (exact) mass is 263 g/mol. The minimum absolute atomic E-state index is 0.0314. The maximum absolute atomic E-state index is 7.35. The van der Waals surface area contributed by atoms with Gasteiger partial charge in [0.1, 0.15) is 0 Å². The number of pyridine rings is 2. The predicted octanol–water partition coefficient (Wildman–Crippen LogP) is 4.37. The Morgan fingerprint density at radius 3 is 2.50 bits per heavy atom. The van der Waals surface area contributed by atoms with Crippen LogP contribution in [0, 0.1) is 0 Å². The summed E-state index contributed by atoms with van der Waals surface area (Å²) >= 11 is 0. The fourth-order valence-corrected chi connectivity index (χ4v) is 2.06. The number of rotatable bonds is 3. The van der Waals surface area contributed by atoms with Gasteiger partial charge < -0.3 is 0 Å². The summed E-state index contributed by atoms with van der Waals surface area (Å²) < 4.78 is 22.0. The molecule has 0 bridgehead atoms. The zero-order valence-corrected chi connectivity index (χ0v) is 11.0. The van der Waals surface area contributed by atoms with E-state index in [1.54, 1.807) is 12.3 Å². The molecule has 0 saturated heterocycles. The van der Waals surface area contributed by atoms with E-state index in [1.165, 1.54) is 0 Å². The molecule has 0 N–H and O–H groups in total. The zero-order valence-electron chi connectivity index (χ0n) is 14.0. The smallest absolute Gasteiger partial charge is 0.0720 e. The molecule has 0 amide bonds. The van der Waals surface area contributed by atoms with Gasteiger partial charge in [0.2, 0.25) is 0 Å². The molecule has 0 fully saturated rings. The van der Waals surface area contributed by atoms with Gasteiger partial charge in [-0.05, 0) is 30.7 Å². The molecule has 0 aliphatic rings. The Morgan fingerprint density at radius 1 is 0.850 bits per heavy atom. The summed E-state index contributed by atoms with van der Waals surface area (Å²) in [5.74, 6) is 0. The normalized spacial score (nSPS) is 13.3. The summed E-state index contributed by atoms with van der Waals surface area (Å²) in [5.41, 5.74) is 4.13. The van der Waals surface area contributed by atoms with E-state index in [0.29, 0.717) is 5.69 Å². The Bertz CT molecular complexity index is 781. The van der Waals surface area contributed by atoms with Gasteiger partial charge in [0, 0.05) is 27.1 Å². The topological polar surface area (TPSA) is 25.8 Å². The average Bonchev–Trinajstić information content (AvgIpc) is 2.55. The lowest BCUT2D eigenvalue weighted by Crippen LogP contribution is -1.91. The second kappa shape index (κ2) is 5.66. The molecular weight excluding hydrogens is 244 g/mol. The Morgan fingerprint density at radius 2 is 1.75 bits per heavy atom. The maximum Gasteiger partial charge on any atom is 0.0720 e. The van der Waals surface area contributed by atoms with Crippen LogP contribution < -0.4 is 0 Å². The van der Waals surface area contributed by atoms with Crippen LogP contribution in [0.2, 0.25) is 0 Å². The first kappa shape index (κ1) is 9.43. The highest BCUT2D eigenvalue weighted by Gasteiger charge is 2.03. The Kier molecular flexibility index (Phi) is 2.67. The Hall–Kier alpha value is -2.48. The second-order valence-corrected chi connectivity index (χ2v) is 4.49. The molecule has 2 aromatic heterocycles. The van der Waals surface area contributed by atoms with Crippen molar-refractivity contribution in [2.45, 2.75) is 13.3 Å². The van der Waals surface area contributed by atoms with Crippen LogP contribution in [0.1, 0.15) is 16.7 Å². The number of nitrogens with zero attached hydrogens (tertiary/aromatic N) is 2. The van der Waals surface area contributed by atoms with Crippen molar-refractivity contribution in [2.24, 2.45) is 0 Å². The van der Waals surface area contributed by atoms with E-state index in [1.807, 2.05) is 54.6 Å². The molecule has 0 saturated carbocycles. The standard InChI is InChI=1S/C18H16N2/c1-2-16-9-6-10-18(20-16)15-11-12-17(19-13-15)14-7-4-3-5-8-14/h3-13H,2H2,1H3/i1D3. The molecule has 0 spiro atoms. The molecule has 0 aliphatic carbocycles. The van der Waals surface area contributed by atoms with Crippen molar-refractivity contribution >= 4 is 0 Å². The van der Waals surface area contributed by atoms with Crippen LogP contribution in [0.4, 0.5) is 0 Å². The quantitative estimate of drug-likeness (QED) is 0.701. The molecule has 0 atom stereocenters. The van der Waals surface area contributed by atoms with Gasteiger partial charge in [-0.15, -0.1) is 0 Å². The highest BCUT2D eigenvalue weighted by Crippen LogP contribution is 2.21. The number of hydrogen-bond donors (Lipinski definition) is 0. The highest BCUT2D eigenvalue weighted by atomic mass is 14.7. The minimum Gasteiger partial charge on any atom is -0.256 e. The third-order valence-corrected chi connectivity index (χ3v) is 3.12. The van der Waals surface area contributed by atoms with Crippen molar-refractivity contribution < 1.29 is 4.11 Å². The first-order chi connectivity index (χ1) is 11.0. The lowest BCUT2D eigenvalue weighted by atomic mass is 10.1. The summed E-state index contributed by atoms with van der Waals surface area (Å²) in [6.07, 6.45) is 1.74. The van der Waals surface area contributed by atoms with Crippen LogP contribution in [-0.4, -0.2) is 9.97 Å². The average molecular weight is 263 g/mol. The van der Waals surface area contributed by atoms with E-state index in [2.05, 4.69) is 9.97 Å². The molecule has 1 aromatic carbocycles. The molecule has 3 rings (SSSR count). The van der Waals surface area contributed by atoms with Crippen LogP contribution in [0.3, 0.4) is 0 Å². The van der Waals surface area contributed by atoms with Crippen molar-refractivity contribution in [3.63, 3.8) is 0 Å². The predicted molar refractivity (Wildman–Crippen MR) is 82.3 cm³/mol. The van der Waals surface area contributed by atoms with Crippen LogP contribution in [-0.2, 0) is 6.42 Å². The second-order valence-electron chi connectivity index (χ2n) is 4.49. The van der Waals surface area contributed by atoms with Gasteiger partial charge in [-0.3, -0.25) is 9.97 Å². The summed E-state index contributed by atoms with van der Waals surface area (Å²) in [6.45, 7) is -2.01. The molecule has 2 heterocycles. The fourth-order valence-electron chi connectivity index (χ4n) is 2.06. The molecular formula is C18H16N2. The third kappa shape index (κ3) is 2.59. The molecule has 98 valence electrons. The Labute approximate surface area is 123 Å². The fraction of sp³-hybridized carbons (Fsp3) is 0.111. The SMILES string of the molecule is [2H]C([2H])([2H])Cc1cccc(-c2ccc(-c3ccccc3)nc2)n1. The number of benzene rings is 1. The van der Waals surface area contributed by atoms with Gasteiger partial charge in [0.05, 0.1) is 11.4 Å². The maximum atomic E-state index is 7.35. The molecule has 3 aromatic rings. The number of aromatic nitrogens is 2. The van der Waals surface area contributed by atoms with Crippen LogP contribution in [0.5, 0.6) is 0 Å².